The highest BCUT2D eigenvalue weighted by molar-refractivity contribution is 5.70. The van der Waals surface area contributed by atoms with Crippen molar-refractivity contribution in [3.63, 3.8) is 0 Å². The fourth-order valence-electron chi connectivity index (χ4n) is 1.76. The Bertz CT molecular complexity index is 213. The van der Waals surface area contributed by atoms with Gasteiger partial charge in [-0.25, -0.2) is 4.79 Å². The highest BCUT2D eigenvalue weighted by Gasteiger charge is 2.33. The summed E-state index contributed by atoms with van der Waals surface area (Å²) < 4.78 is 5.18. The number of carbonyl (C=O) groups excluding carboxylic acids is 1. The van der Waals surface area contributed by atoms with E-state index in [-0.39, 0.29) is 18.2 Å². The summed E-state index contributed by atoms with van der Waals surface area (Å²) in [6, 6.07) is 0.183. The van der Waals surface area contributed by atoms with Gasteiger partial charge < -0.3 is 10.1 Å². The lowest BCUT2D eigenvalue weighted by atomic mass is 9.97. The van der Waals surface area contributed by atoms with Crippen LogP contribution in [0.2, 0.25) is 0 Å². The zero-order valence-electron chi connectivity index (χ0n) is 8.95. The van der Waals surface area contributed by atoms with E-state index >= 15 is 0 Å². The molecule has 3 heteroatoms. The van der Waals surface area contributed by atoms with Crippen LogP contribution in [0.15, 0.2) is 12.7 Å². The number of carbonyl (C=O) groups is 1. The molecule has 0 aromatic carbocycles. The van der Waals surface area contributed by atoms with Gasteiger partial charge >= 0.3 is 6.09 Å². The molecule has 1 aliphatic rings. The predicted octanol–water partition coefficient (Wildman–Crippen LogP) is 2.48. The number of cyclic esters (lactones) is 1. The summed E-state index contributed by atoms with van der Waals surface area (Å²) in [6.07, 6.45) is 4.37. The van der Waals surface area contributed by atoms with Crippen LogP contribution in [0.4, 0.5) is 4.79 Å². The van der Waals surface area contributed by atoms with Gasteiger partial charge in [-0.3, -0.25) is 0 Å². The average Bonchev–Trinajstić information content (AvgIpc) is 2.41. The zero-order valence-corrected chi connectivity index (χ0v) is 8.95. The van der Waals surface area contributed by atoms with Crippen LogP contribution in [0.5, 0.6) is 0 Å². The quantitative estimate of drug-likeness (QED) is 0.687. The third-order valence-corrected chi connectivity index (χ3v) is 2.39. The molecule has 1 fully saturated rings. The monoisotopic (exact) mass is 197 g/mol. The van der Waals surface area contributed by atoms with E-state index in [4.69, 9.17) is 4.74 Å². The van der Waals surface area contributed by atoms with Gasteiger partial charge in [0.05, 0.1) is 6.04 Å². The first-order valence-electron chi connectivity index (χ1n) is 5.21. The molecule has 0 spiro atoms. The first-order chi connectivity index (χ1) is 6.63. The van der Waals surface area contributed by atoms with Crippen molar-refractivity contribution >= 4 is 6.09 Å². The number of hydrogen-bond donors (Lipinski definition) is 1. The summed E-state index contributed by atoms with van der Waals surface area (Å²) in [6.45, 7) is 7.96. The second-order valence-electron chi connectivity index (χ2n) is 4.19. The lowest BCUT2D eigenvalue weighted by Gasteiger charge is -2.17. The largest absolute Gasteiger partial charge is 0.444 e. The molecule has 0 unspecified atom stereocenters. The second-order valence-corrected chi connectivity index (χ2v) is 4.19. The Balaban J connectivity index is 2.44. The van der Waals surface area contributed by atoms with Crippen molar-refractivity contribution in [2.45, 2.75) is 45.3 Å². The molecule has 1 saturated heterocycles. The number of amides is 1. The third kappa shape index (κ3) is 3.05. The van der Waals surface area contributed by atoms with Crippen molar-refractivity contribution < 1.29 is 9.53 Å². The van der Waals surface area contributed by atoms with E-state index in [1.54, 1.807) is 0 Å². The Morgan fingerprint density at radius 2 is 2.36 bits per heavy atom. The molecule has 14 heavy (non-hydrogen) atoms. The molecular formula is C11H19NO2. The molecular weight excluding hydrogens is 178 g/mol. The van der Waals surface area contributed by atoms with E-state index < -0.39 is 0 Å². The topological polar surface area (TPSA) is 38.3 Å². The Kier molecular flexibility index (Phi) is 3.98. The van der Waals surface area contributed by atoms with E-state index in [9.17, 15) is 4.79 Å². The van der Waals surface area contributed by atoms with Crippen molar-refractivity contribution in [1.82, 2.24) is 5.32 Å². The normalized spacial score (nSPS) is 26.1. The van der Waals surface area contributed by atoms with Crippen molar-refractivity contribution in [2.75, 3.05) is 0 Å². The molecule has 0 aliphatic carbocycles. The zero-order chi connectivity index (χ0) is 10.6. The first-order valence-corrected chi connectivity index (χ1v) is 5.21. The molecule has 2 atom stereocenters. The number of hydrogen-bond acceptors (Lipinski definition) is 2. The minimum Gasteiger partial charge on any atom is -0.444 e. The van der Waals surface area contributed by atoms with E-state index in [1.807, 2.05) is 6.08 Å². The molecule has 0 radical (unpaired) electrons. The lowest BCUT2D eigenvalue weighted by Crippen LogP contribution is -2.32. The van der Waals surface area contributed by atoms with E-state index in [2.05, 4.69) is 25.7 Å². The number of rotatable bonds is 5. The standard InChI is InChI=1S/C11H19NO2/c1-4-5-6-10-9(7-8(2)3)12-11(13)14-10/h4,8-10H,1,5-7H2,2-3H3,(H,12,13)/t9-,10-/m0/s1. The molecule has 1 amide bonds. The number of ether oxygens (including phenoxy) is 1. The molecule has 0 aromatic heterocycles. The van der Waals surface area contributed by atoms with Crippen LogP contribution < -0.4 is 5.32 Å². The fourth-order valence-corrected chi connectivity index (χ4v) is 1.76. The molecule has 80 valence electrons. The predicted molar refractivity (Wildman–Crippen MR) is 56.1 cm³/mol. The van der Waals surface area contributed by atoms with Crippen molar-refractivity contribution in [2.24, 2.45) is 5.92 Å². The SMILES string of the molecule is C=CCC[C@@H]1OC(=O)N[C@H]1CC(C)C. The number of allylic oxidation sites excluding steroid dienone is 1. The van der Waals surface area contributed by atoms with E-state index in [0.29, 0.717) is 5.92 Å². The van der Waals surface area contributed by atoms with Crippen LogP contribution in [0.25, 0.3) is 0 Å². The highest BCUT2D eigenvalue weighted by Crippen LogP contribution is 2.20. The summed E-state index contributed by atoms with van der Waals surface area (Å²) in [7, 11) is 0. The molecule has 1 aliphatic heterocycles. The van der Waals surface area contributed by atoms with Gasteiger partial charge in [-0.05, 0) is 25.2 Å². The highest BCUT2D eigenvalue weighted by atomic mass is 16.6. The van der Waals surface area contributed by atoms with Crippen molar-refractivity contribution in [1.29, 1.82) is 0 Å². The Hall–Kier alpha value is -0.990. The number of nitrogens with one attached hydrogen (secondary N) is 1. The smallest absolute Gasteiger partial charge is 0.407 e. The van der Waals surface area contributed by atoms with Crippen molar-refractivity contribution in [3.8, 4) is 0 Å². The summed E-state index contributed by atoms with van der Waals surface area (Å²) in [5.74, 6) is 0.577. The van der Waals surface area contributed by atoms with Gasteiger partial charge in [0.15, 0.2) is 0 Å². The Morgan fingerprint density at radius 1 is 1.64 bits per heavy atom. The first kappa shape index (κ1) is 11.1. The lowest BCUT2D eigenvalue weighted by molar-refractivity contribution is 0.123. The summed E-state index contributed by atoms with van der Waals surface area (Å²) in [5, 5.41) is 2.85. The van der Waals surface area contributed by atoms with Crippen molar-refractivity contribution in [3.05, 3.63) is 12.7 Å². The van der Waals surface area contributed by atoms with Gasteiger partial charge in [0.2, 0.25) is 0 Å². The van der Waals surface area contributed by atoms with Gasteiger partial charge in [0.1, 0.15) is 6.10 Å². The average molecular weight is 197 g/mol. The maximum Gasteiger partial charge on any atom is 0.407 e. The third-order valence-electron chi connectivity index (χ3n) is 2.39. The molecule has 1 N–H and O–H groups in total. The summed E-state index contributed by atoms with van der Waals surface area (Å²) in [5.41, 5.74) is 0. The van der Waals surface area contributed by atoms with Crippen LogP contribution in [0.3, 0.4) is 0 Å². The van der Waals surface area contributed by atoms with Crippen LogP contribution >= 0.6 is 0 Å². The minimum atomic E-state index is -0.273. The van der Waals surface area contributed by atoms with Gasteiger partial charge in [-0.2, -0.15) is 0 Å². The maximum absolute atomic E-state index is 11.0. The Labute approximate surface area is 85.5 Å². The molecule has 0 aromatic rings. The molecule has 3 nitrogen and oxygen atoms in total. The van der Waals surface area contributed by atoms with E-state index in [1.165, 1.54) is 0 Å². The van der Waals surface area contributed by atoms with E-state index in [0.717, 1.165) is 19.3 Å². The fraction of sp³-hybridized carbons (Fsp3) is 0.727. The summed E-state index contributed by atoms with van der Waals surface area (Å²) >= 11 is 0. The van der Waals surface area contributed by atoms with Crippen LogP contribution in [-0.2, 0) is 4.74 Å². The molecule has 0 bridgehead atoms. The maximum atomic E-state index is 11.0. The molecule has 0 saturated carbocycles. The molecule has 1 heterocycles. The Morgan fingerprint density at radius 3 is 2.93 bits per heavy atom. The second kappa shape index (κ2) is 5.03. The summed E-state index contributed by atoms with van der Waals surface area (Å²) in [4.78, 5) is 11.0. The van der Waals surface area contributed by atoms with Crippen LogP contribution in [-0.4, -0.2) is 18.2 Å². The van der Waals surface area contributed by atoms with Crippen LogP contribution in [0.1, 0.15) is 33.1 Å². The van der Waals surface area contributed by atoms with Gasteiger partial charge in [-0.15, -0.1) is 6.58 Å². The van der Waals surface area contributed by atoms with Gasteiger partial charge in [-0.1, -0.05) is 19.9 Å². The van der Waals surface area contributed by atoms with Gasteiger partial charge in [0.25, 0.3) is 0 Å². The molecule has 1 rings (SSSR count). The minimum absolute atomic E-state index is 0.0305. The van der Waals surface area contributed by atoms with Gasteiger partial charge in [0, 0.05) is 0 Å². The van der Waals surface area contributed by atoms with Crippen LogP contribution in [0, 0.1) is 5.92 Å². The number of alkyl carbamates (subject to hydrolysis) is 1.